The Kier molecular flexibility index (Phi) is 2.42. The van der Waals surface area contributed by atoms with E-state index in [9.17, 15) is 4.79 Å². The van der Waals surface area contributed by atoms with Crippen molar-refractivity contribution in [2.45, 2.75) is 51.4 Å². The van der Waals surface area contributed by atoms with Crippen LogP contribution in [0.25, 0.3) is 0 Å². The van der Waals surface area contributed by atoms with Crippen LogP contribution in [0, 0.1) is 17.8 Å². The summed E-state index contributed by atoms with van der Waals surface area (Å²) in [4.78, 5) is 12.1. The zero-order valence-electron chi connectivity index (χ0n) is 9.37. The molecule has 3 atom stereocenters. The van der Waals surface area contributed by atoms with Gasteiger partial charge in [0, 0.05) is 12.3 Å². The van der Waals surface area contributed by atoms with Crippen LogP contribution < -0.4 is 0 Å². The van der Waals surface area contributed by atoms with Crippen LogP contribution in [0.4, 0.5) is 0 Å². The van der Waals surface area contributed by atoms with Crippen LogP contribution in [-0.2, 0) is 4.79 Å². The maximum Gasteiger partial charge on any atom is 0.136 e. The molecule has 82 valence electrons. The molecule has 0 radical (unpaired) electrons. The van der Waals surface area contributed by atoms with E-state index in [1.807, 2.05) is 0 Å². The molecule has 0 aromatic heterocycles. The predicted octanol–water partition coefficient (Wildman–Crippen LogP) is 3.49. The summed E-state index contributed by atoms with van der Waals surface area (Å²) in [5.41, 5.74) is 1.64. The molecule has 0 unspecified atom stereocenters. The molecule has 0 heterocycles. The van der Waals surface area contributed by atoms with Gasteiger partial charge in [0.2, 0.25) is 0 Å². The fraction of sp³-hybridized carbons (Fsp3) is 0.786. The lowest BCUT2D eigenvalue weighted by Gasteiger charge is -2.42. The summed E-state index contributed by atoms with van der Waals surface area (Å²) in [6.07, 6.45) is 12.3. The van der Waals surface area contributed by atoms with Crippen molar-refractivity contribution in [2.24, 2.45) is 17.8 Å². The van der Waals surface area contributed by atoms with E-state index in [2.05, 4.69) is 6.08 Å². The van der Waals surface area contributed by atoms with E-state index in [1.165, 1.54) is 38.5 Å². The monoisotopic (exact) mass is 204 g/mol. The second-order valence-electron chi connectivity index (χ2n) is 5.51. The fourth-order valence-corrected chi connectivity index (χ4v) is 4.00. The Balaban J connectivity index is 1.89. The molecule has 0 bridgehead atoms. The van der Waals surface area contributed by atoms with E-state index in [0.717, 1.165) is 12.8 Å². The van der Waals surface area contributed by atoms with Gasteiger partial charge in [-0.2, -0.15) is 0 Å². The molecule has 2 saturated carbocycles. The van der Waals surface area contributed by atoms with Gasteiger partial charge in [0.25, 0.3) is 0 Å². The number of carbonyl (C=O) groups is 1. The molecule has 1 heteroatoms. The highest BCUT2D eigenvalue weighted by molar-refractivity contribution is 5.83. The van der Waals surface area contributed by atoms with Crippen LogP contribution in [0.2, 0.25) is 0 Å². The first kappa shape index (κ1) is 9.62. The third kappa shape index (κ3) is 1.56. The predicted molar refractivity (Wildman–Crippen MR) is 60.5 cm³/mol. The fourth-order valence-electron chi connectivity index (χ4n) is 4.00. The number of Topliss-reactive ketones (excluding diaryl/α,β-unsaturated/α-hetero) is 1. The van der Waals surface area contributed by atoms with E-state index in [0.29, 0.717) is 23.5 Å². The summed E-state index contributed by atoms with van der Waals surface area (Å²) in [7, 11) is 0. The summed E-state index contributed by atoms with van der Waals surface area (Å²) < 4.78 is 0. The molecule has 3 aliphatic rings. The summed E-state index contributed by atoms with van der Waals surface area (Å²) in [6, 6.07) is 0. The van der Waals surface area contributed by atoms with Crippen LogP contribution in [0.1, 0.15) is 51.4 Å². The zero-order chi connectivity index (χ0) is 10.3. The summed E-state index contributed by atoms with van der Waals surface area (Å²) in [5, 5.41) is 0. The Bertz CT molecular complexity index is 302. The third-order valence-electron chi connectivity index (χ3n) is 4.70. The van der Waals surface area contributed by atoms with Crippen molar-refractivity contribution in [1.29, 1.82) is 0 Å². The minimum Gasteiger partial charge on any atom is -0.299 e. The lowest BCUT2D eigenvalue weighted by Crippen LogP contribution is -2.38. The molecular formula is C14H20O. The minimum absolute atomic E-state index is 0.430. The van der Waals surface area contributed by atoms with Gasteiger partial charge in [0.05, 0.1) is 0 Å². The van der Waals surface area contributed by atoms with Crippen molar-refractivity contribution in [3.63, 3.8) is 0 Å². The largest absolute Gasteiger partial charge is 0.299 e. The standard InChI is InChI=1S/C14H20O/c15-13-7-3-5-11-9-8-10-4-1-2-6-12(10)14(11)13/h8,11-12,14H,1-7,9H2/t11-,12+,14+/m1/s1. The number of fused-ring (bicyclic) bond motifs is 3. The molecule has 1 nitrogen and oxygen atoms in total. The average molecular weight is 204 g/mol. The van der Waals surface area contributed by atoms with Gasteiger partial charge in [-0.25, -0.2) is 0 Å². The van der Waals surface area contributed by atoms with E-state index in [1.54, 1.807) is 5.57 Å². The maximum atomic E-state index is 12.1. The number of carbonyl (C=O) groups excluding carboxylic acids is 1. The second kappa shape index (κ2) is 3.77. The maximum absolute atomic E-state index is 12.1. The Labute approximate surface area is 91.9 Å². The van der Waals surface area contributed by atoms with E-state index < -0.39 is 0 Å². The lowest BCUT2D eigenvalue weighted by atomic mass is 9.61. The van der Waals surface area contributed by atoms with Gasteiger partial charge >= 0.3 is 0 Å². The normalized spacial score (nSPS) is 40.4. The highest BCUT2D eigenvalue weighted by Crippen LogP contribution is 2.47. The second-order valence-corrected chi connectivity index (χ2v) is 5.51. The lowest BCUT2D eigenvalue weighted by molar-refractivity contribution is -0.129. The van der Waals surface area contributed by atoms with Crippen LogP contribution in [0.15, 0.2) is 11.6 Å². The smallest absolute Gasteiger partial charge is 0.136 e. The summed E-state index contributed by atoms with van der Waals surface area (Å²) in [5.74, 6) is 2.38. The highest BCUT2D eigenvalue weighted by atomic mass is 16.1. The van der Waals surface area contributed by atoms with Gasteiger partial charge in [-0.3, -0.25) is 4.79 Å². The number of rotatable bonds is 0. The van der Waals surface area contributed by atoms with Crippen molar-refractivity contribution in [3.05, 3.63) is 11.6 Å². The Morgan fingerprint density at radius 1 is 1.07 bits per heavy atom. The molecule has 0 aliphatic heterocycles. The molecule has 2 fully saturated rings. The first-order chi connectivity index (χ1) is 7.36. The van der Waals surface area contributed by atoms with Crippen LogP contribution in [-0.4, -0.2) is 5.78 Å². The number of hydrogen-bond acceptors (Lipinski definition) is 1. The Morgan fingerprint density at radius 2 is 2.00 bits per heavy atom. The minimum atomic E-state index is 0.430. The van der Waals surface area contributed by atoms with Gasteiger partial charge in [0.1, 0.15) is 5.78 Å². The molecule has 0 N–H and O–H groups in total. The topological polar surface area (TPSA) is 17.1 Å². The first-order valence-corrected chi connectivity index (χ1v) is 6.58. The third-order valence-corrected chi connectivity index (χ3v) is 4.70. The molecular weight excluding hydrogens is 184 g/mol. The first-order valence-electron chi connectivity index (χ1n) is 6.58. The van der Waals surface area contributed by atoms with Crippen molar-refractivity contribution in [3.8, 4) is 0 Å². The van der Waals surface area contributed by atoms with Gasteiger partial charge in [-0.05, 0) is 50.4 Å². The van der Waals surface area contributed by atoms with Crippen molar-refractivity contribution in [1.82, 2.24) is 0 Å². The van der Waals surface area contributed by atoms with Gasteiger partial charge in [-0.1, -0.05) is 18.1 Å². The molecule has 0 amide bonds. The van der Waals surface area contributed by atoms with Crippen molar-refractivity contribution >= 4 is 5.78 Å². The molecule has 0 aromatic carbocycles. The molecule has 3 rings (SSSR count). The van der Waals surface area contributed by atoms with E-state index >= 15 is 0 Å². The van der Waals surface area contributed by atoms with E-state index in [-0.39, 0.29) is 0 Å². The summed E-state index contributed by atoms with van der Waals surface area (Å²) in [6.45, 7) is 0. The Morgan fingerprint density at radius 3 is 2.93 bits per heavy atom. The number of ketones is 1. The van der Waals surface area contributed by atoms with Crippen molar-refractivity contribution in [2.75, 3.05) is 0 Å². The van der Waals surface area contributed by atoms with E-state index in [4.69, 9.17) is 0 Å². The van der Waals surface area contributed by atoms with Gasteiger partial charge < -0.3 is 0 Å². The molecule has 0 spiro atoms. The highest BCUT2D eigenvalue weighted by Gasteiger charge is 2.41. The quantitative estimate of drug-likeness (QED) is 0.552. The Hall–Kier alpha value is -0.590. The molecule has 0 aromatic rings. The SMILES string of the molecule is O=C1CCC[C@@H]2CC=C3CCCC[C@@H]3[C@@H]12. The van der Waals surface area contributed by atoms with Crippen LogP contribution in [0.5, 0.6) is 0 Å². The zero-order valence-corrected chi connectivity index (χ0v) is 9.37. The van der Waals surface area contributed by atoms with Crippen molar-refractivity contribution < 1.29 is 4.79 Å². The van der Waals surface area contributed by atoms with Crippen LogP contribution >= 0.6 is 0 Å². The van der Waals surface area contributed by atoms with Crippen LogP contribution in [0.3, 0.4) is 0 Å². The number of allylic oxidation sites excluding steroid dienone is 2. The number of hydrogen-bond donors (Lipinski definition) is 0. The molecule has 15 heavy (non-hydrogen) atoms. The summed E-state index contributed by atoms with van der Waals surface area (Å²) >= 11 is 0. The van der Waals surface area contributed by atoms with Gasteiger partial charge in [-0.15, -0.1) is 0 Å². The van der Waals surface area contributed by atoms with Gasteiger partial charge in [0.15, 0.2) is 0 Å². The molecule has 3 aliphatic carbocycles. The average Bonchev–Trinajstić information content (AvgIpc) is 2.29. The molecule has 0 saturated heterocycles.